The van der Waals surface area contributed by atoms with Crippen LogP contribution in [0, 0.1) is 5.41 Å². The van der Waals surface area contributed by atoms with E-state index in [1.54, 1.807) is 33.5 Å². The van der Waals surface area contributed by atoms with Crippen molar-refractivity contribution in [2.75, 3.05) is 21.3 Å². The molecule has 0 aliphatic rings. The van der Waals surface area contributed by atoms with E-state index in [1.807, 2.05) is 0 Å². The molecule has 1 rings (SSSR count). The highest BCUT2D eigenvalue weighted by Gasteiger charge is 2.22. The summed E-state index contributed by atoms with van der Waals surface area (Å²) in [6.45, 7) is 6.46. The van der Waals surface area contributed by atoms with E-state index in [4.69, 9.17) is 14.2 Å². The highest BCUT2D eigenvalue weighted by molar-refractivity contribution is 5.51. The highest BCUT2D eigenvalue weighted by atomic mass is 16.5. The van der Waals surface area contributed by atoms with Crippen LogP contribution < -0.4 is 14.2 Å². The van der Waals surface area contributed by atoms with Crippen molar-refractivity contribution in [3.63, 3.8) is 0 Å². The van der Waals surface area contributed by atoms with Gasteiger partial charge >= 0.3 is 0 Å². The quantitative estimate of drug-likeness (QED) is 0.866. The molecule has 0 heterocycles. The van der Waals surface area contributed by atoms with Gasteiger partial charge in [-0.05, 0) is 18.3 Å². The van der Waals surface area contributed by atoms with Crippen LogP contribution in [0.1, 0.15) is 45.3 Å². The Morgan fingerprint density at radius 3 is 1.85 bits per heavy atom. The number of aliphatic hydroxyl groups excluding tert-OH is 1. The van der Waals surface area contributed by atoms with Gasteiger partial charge in [0, 0.05) is 12.1 Å². The largest absolute Gasteiger partial charge is 0.496 e. The van der Waals surface area contributed by atoms with Crippen molar-refractivity contribution >= 4 is 0 Å². The summed E-state index contributed by atoms with van der Waals surface area (Å²) in [5.41, 5.74) is 0.855. The lowest BCUT2D eigenvalue weighted by Crippen LogP contribution is -2.10. The Bertz CT molecular complexity index is 410. The van der Waals surface area contributed by atoms with Crippen LogP contribution in [0.25, 0.3) is 0 Å². The van der Waals surface area contributed by atoms with Crippen LogP contribution in [-0.4, -0.2) is 26.4 Å². The van der Waals surface area contributed by atoms with Gasteiger partial charge in [0.1, 0.15) is 17.2 Å². The molecule has 4 nitrogen and oxygen atoms in total. The molecule has 0 aliphatic carbocycles. The number of rotatable bonds is 6. The minimum atomic E-state index is -0.620. The van der Waals surface area contributed by atoms with Crippen LogP contribution in [-0.2, 0) is 0 Å². The van der Waals surface area contributed by atoms with Gasteiger partial charge < -0.3 is 19.3 Å². The Balaban J connectivity index is 3.08. The number of methoxy groups -OCH3 is 3. The molecule has 0 fully saturated rings. The van der Waals surface area contributed by atoms with Crippen LogP contribution in [0.4, 0.5) is 0 Å². The van der Waals surface area contributed by atoms with E-state index in [1.165, 1.54) is 0 Å². The number of aliphatic hydroxyl groups is 1. The topological polar surface area (TPSA) is 47.9 Å². The lowest BCUT2D eigenvalue weighted by molar-refractivity contribution is 0.140. The molecule has 0 aromatic heterocycles. The normalized spacial score (nSPS) is 12.9. The summed E-state index contributed by atoms with van der Waals surface area (Å²) in [4.78, 5) is 0. The third-order valence-electron chi connectivity index (χ3n) is 3.25. The molecule has 114 valence electrons. The molecule has 0 aliphatic heterocycles. The maximum absolute atomic E-state index is 10.5. The monoisotopic (exact) mass is 282 g/mol. The molecule has 0 radical (unpaired) electrons. The van der Waals surface area contributed by atoms with Crippen molar-refractivity contribution in [3.8, 4) is 17.2 Å². The summed E-state index contributed by atoms with van der Waals surface area (Å²) in [5.74, 6) is 1.82. The van der Waals surface area contributed by atoms with Gasteiger partial charge in [-0.1, -0.05) is 20.8 Å². The van der Waals surface area contributed by atoms with Gasteiger partial charge in [0.05, 0.1) is 33.0 Å². The van der Waals surface area contributed by atoms with Crippen LogP contribution in [0.3, 0.4) is 0 Å². The Kier molecular flexibility index (Phi) is 5.69. The summed E-state index contributed by atoms with van der Waals surface area (Å²) < 4.78 is 15.9. The standard InChI is InChI=1S/C16H26O4/c1-16(2,3)8-7-12(17)15-13(19-5)9-11(18-4)10-14(15)20-6/h9-10,12,17H,7-8H2,1-6H3. The average Bonchev–Trinajstić information content (AvgIpc) is 2.42. The van der Waals surface area contributed by atoms with Gasteiger partial charge in [0.2, 0.25) is 0 Å². The predicted molar refractivity (Wildman–Crippen MR) is 79.7 cm³/mol. The van der Waals surface area contributed by atoms with Crippen molar-refractivity contribution in [1.82, 2.24) is 0 Å². The second-order valence-electron chi connectivity index (χ2n) is 6.06. The van der Waals surface area contributed by atoms with Gasteiger partial charge in [-0.15, -0.1) is 0 Å². The van der Waals surface area contributed by atoms with Crippen molar-refractivity contribution in [1.29, 1.82) is 0 Å². The highest BCUT2D eigenvalue weighted by Crippen LogP contribution is 2.40. The molecule has 1 aromatic rings. The smallest absolute Gasteiger partial charge is 0.132 e. The van der Waals surface area contributed by atoms with Crippen LogP contribution in [0.15, 0.2) is 12.1 Å². The molecule has 0 spiro atoms. The van der Waals surface area contributed by atoms with E-state index in [0.29, 0.717) is 29.2 Å². The molecular formula is C16H26O4. The Hall–Kier alpha value is -1.42. The van der Waals surface area contributed by atoms with Gasteiger partial charge in [0.15, 0.2) is 0 Å². The summed E-state index contributed by atoms with van der Waals surface area (Å²) in [7, 11) is 4.74. The second kappa shape index (κ2) is 6.84. The first-order chi connectivity index (χ1) is 9.32. The molecule has 0 amide bonds. The van der Waals surface area contributed by atoms with E-state index < -0.39 is 6.10 Å². The maximum atomic E-state index is 10.5. The molecule has 0 saturated carbocycles. The maximum Gasteiger partial charge on any atom is 0.132 e. The van der Waals surface area contributed by atoms with E-state index in [2.05, 4.69) is 20.8 Å². The molecule has 20 heavy (non-hydrogen) atoms. The molecule has 0 bridgehead atoms. The van der Waals surface area contributed by atoms with Crippen LogP contribution in [0.5, 0.6) is 17.2 Å². The van der Waals surface area contributed by atoms with Crippen molar-refractivity contribution < 1.29 is 19.3 Å². The Labute approximate surface area is 121 Å². The number of hydrogen-bond donors (Lipinski definition) is 1. The first-order valence-corrected chi connectivity index (χ1v) is 6.80. The van der Waals surface area contributed by atoms with Crippen molar-refractivity contribution in [2.24, 2.45) is 5.41 Å². The molecule has 0 saturated heterocycles. The second-order valence-corrected chi connectivity index (χ2v) is 6.06. The molecular weight excluding hydrogens is 256 g/mol. The molecule has 1 N–H and O–H groups in total. The van der Waals surface area contributed by atoms with E-state index in [-0.39, 0.29) is 5.41 Å². The van der Waals surface area contributed by atoms with Crippen molar-refractivity contribution in [3.05, 3.63) is 17.7 Å². The first kappa shape index (κ1) is 16.6. The minimum Gasteiger partial charge on any atom is -0.496 e. The number of hydrogen-bond acceptors (Lipinski definition) is 4. The summed E-state index contributed by atoms with van der Waals surface area (Å²) in [5, 5.41) is 10.5. The number of benzene rings is 1. The Morgan fingerprint density at radius 2 is 1.50 bits per heavy atom. The van der Waals surface area contributed by atoms with E-state index in [0.717, 1.165) is 6.42 Å². The SMILES string of the molecule is COc1cc(OC)c(C(O)CCC(C)(C)C)c(OC)c1. The fraction of sp³-hybridized carbons (Fsp3) is 0.625. The van der Waals surface area contributed by atoms with Crippen molar-refractivity contribution in [2.45, 2.75) is 39.7 Å². The molecule has 4 heteroatoms. The van der Waals surface area contributed by atoms with Gasteiger partial charge in [-0.3, -0.25) is 0 Å². The molecule has 1 atom stereocenters. The zero-order valence-corrected chi connectivity index (χ0v) is 13.3. The summed E-state index contributed by atoms with van der Waals surface area (Å²) >= 11 is 0. The summed E-state index contributed by atoms with van der Waals surface area (Å²) in [6.07, 6.45) is 0.944. The fourth-order valence-electron chi connectivity index (χ4n) is 2.08. The van der Waals surface area contributed by atoms with E-state index >= 15 is 0 Å². The lowest BCUT2D eigenvalue weighted by atomic mass is 9.87. The predicted octanol–water partition coefficient (Wildman–Crippen LogP) is 3.57. The zero-order chi connectivity index (χ0) is 15.3. The van der Waals surface area contributed by atoms with E-state index in [9.17, 15) is 5.11 Å². The lowest BCUT2D eigenvalue weighted by Gasteiger charge is -2.23. The Morgan fingerprint density at radius 1 is 1.00 bits per heavy atom. The third kappa shape index (κ3) is 4.30. The molecule has 1 unspecified atom stereocenters. The number of ether oxygens (including phenoxy) is 3. The van der Waals surface area contributed by atoms with Crippen LogP contribution in [0.2, 0.25) is 0 Å². The van der Waals surface area contributed by atoms with Crippen LogP contribution >= 0.6 is 0 Å². The summed E-state index contributed by atoms with van der Waals surface area (Å²) in [6, 6.07) is 3.52. The van der Waals surface area contributed by atoms with Gasteiger partial charge in [0.25, 0.3) is 0 Å². The first-order valence-electron chi connectivity index (χ1n) is 6.80. The van der Waals surface area contributed by atoms with Gasteiger partial charge in [-0.25, -0.2) is 0 Å². The average molecular weight is 282 g/mol. The minimum absolute atomic E-state index is 0.175. The zero-order valence-electron chi connectivity index (χ0n) is 13.3. The third-order valence-corrected chi connectivity index (χ3v) is 3.25. The fourth-order valence-corrected chi connectivity index (χ4v) is 2.08. The van der Waals surface area contributed by atoms with Gasteiger partial charge in [-0.2, -0.15) is 0 Å². The molecule has 1 aromatic carbocycles.